The highest BCUT2D eigenvalue weighted by Gasteiger charge is 2.50. The molecule has 0 aromatic heterocycles. The molecule has 0 saturated heterocycles. The van der Waals surface area contributed by atoms with Crippen molar-refractivity contribution in [1.82, 2.24) is 0 Å². The zero-order chi connectivity index (χ0) is 14.6. The molecule has 2 heteroatoms. The van der Waals surface area contributed by atoms with Crippen LogP contribution in [0.15, 0.2) is 18.2 Å². The zero-order valence-corrected chi connectivity index (χ0v) is 12.8. The van der Waals surface area contributed by atoms with Gasteiger partial charge >= 0.3 is 5.97 Å². The molecule has 0 spiro atoms. The predicted molar refractivity (Wildman–Crippen MR) is 82.6 cm³/mol. The lowest BCUT2D eigenvalue weighted by atomic mass is 9.56. The first-order valence-corrected chi connectivity index (χ1v) is 8.45. The monoisotopic (exact) mass is 284 g/mol. The molecule has 0 unspecified atom stereocenters. The second kappa shape index (κ2) is 4.59. The smallest absolute Gasteiger partial charge is 0.335 e. The van der Waals surface area contributed by atoms with Crippen molar-refractivity contribution in [1.29, 1.82) is 0 Å². The van der Waals surface area contributed by atoms with Gasteiger partial charge in [-0.15, -0.1) is 0 Å². The average molecular weight is 284 g/mol. The first-order valence-electron chi connectivity index (χ1n) is 8.45. The summed E-state index contributed by atoms with van der Waals surface area (Å²) in [6, 6.07) is 5.83. The summed E-state index contributed by atoms with van der Waals surface area (Å²) in [6.45, 7) is 2.50. The SMILES string of the molecule is C[C@@]12CCC[C@H]1[C@@H]1CCc3ccc(C(=O)O)cc3[C@H]1CC2. The van der Waals surface area contributed by atoms with Gasteiger partial charge in [-0.1, -0.05) is 19.4 Å². The van der Waals surface area contributed by atoms with Gasteiger partial charge in [-0.3, -0.25) is 0 Å². The normalized spacial score (nSPS) is 37.5. The van der Waals surface area contributed by atoms with E-state index in [9.17, 15) is 9.90 Å². The third kappa shape index (κ3) is 1.95. The van der Waals surface area contributed by atoms with Gasteiger partial charge in [-0.25, -0.2) is 4.79 Å². The highest BCUT2D eigenvalue weighted by Crippen LogP contribution is 2.60. The van der Waals surface area contributed by atoms with E-state index < -0.39 is 5.97 Å². The zero-order valence-electron chi connectivity index (χ0n) is 12.8. The Morgan fingerprint density at radius 1 is 1.24 bits per heavy atom. The van der Waals surface area contributed by atoms with Crippen molar-refractivity contribution in [2.24, 2.45) is 17.3 Å². The lowest BCUT2D eigenvalue weighted by Crippen LogP contribution is -2.39. The van der Waals surface area contributed by atoms with Crippen molar-refractivity contribution < 1.29 is 9.90 Å². The molecule has 0 aliphatic heterocycles. The molecule has 4 rings (SSSR count). The molecular weight excluding hydrogens is 260 g/mol. The number of rotatable bonds is 1. The van der Waals surface area contributed by atoms with Gasteiger partial charge in [0.05, 0.1) is 5.56 Å². The van der Waals surface area contributed by atoms with Crippen LogP contribution in [0.4, 0.5) is 0 Å². The number of hydrogen-bond donors (Lipinski definition) is 1. The van der Waals surface area contributed by atoms with Gasteiger partial charge in [-0.2, -0.15) is 0 Å². The first kappa shape index (κ1) is 13.4. The lowest BCUT2D eigenvalue weighted by Gasteiger charge is -2.49. The first-order chi connectivity index (χ1) is 10.1. The van der Waals surface area contributed by atoms with Crippen LogP contribution in [0.5, 0.6) is 0 Å². The molecule has 3 aliphatic rings. The molecule has 0 heterocycles. The molecule has 0 bridgehead atoms. The number of carboxylic acid groups (broad SMARTS) is 1. The second-order valence-corrected chi connectivity index (χ2v) is 7.72. The molecule has 21 heavy (non-hydrogen) atoms. The second-order valence-electron chi connectivity index (χ2n) is 7.72. The predicted octanol–water partition coefficient (Wildman–Crippen LogP) is 4.63. The number of benzene rings is 1. The van der Waals surface area contributed by atoms with Crippen LogP contribution in [0.25, 0.3) is 0 Å². The lowest BCUT2D eigenvalue weighted by molar-refractivity contribution is 0.0595. The Morgan fingerprint density at radius 2 is 2.10 bits per heavy atom. The number of fused-ring (bicyclic) bond motifs is 5. The summed E-state index contributed by atoms with van der Waals surface area (Å²) in [5.41, 5.74) is 3.81. The molecule has 1 N–H and O–H groups in total. The fourth-order valence-electron chi connectivity index (χ4n) is 5.69. The van der Waals surface area contributed by atoms with E-state index in [2.05, 4.69) is 13.0 Å². The molecule has 3 aliphatic carbocycles. The van der Waals surface area contributed by atoms with Crippen LogP contribution in [-0.4, -0.2) is 11.1 Å². The van der Waals surface area contributed by atoms with Crippen molar-refractivity contribution in [2.75, 3.05) is 0 Å². The van der Waals surface area contributed by atoms with E-state index in [-0.39, 0.29) is 0 Å². The van der Waals surface area contributed by atoms with Crippen molar-refractivity contribution in [3.63, 3.8) is 0 Å². The van der Waals surface area contributed by atoms with E-state index >= 15 is 0 Å². The number of carboxylic acids is 1. The minimum Gasteiger partial charge on any atom is -0.478 e. The van der Waals surface area contributed by atoms with Crippen molar-refractivity contribution in [2.45, 2.75) is 57.8 Å². The van der Waals surface area contributed by atoms with E-state index in [0.717, 1.165) is 18.3 Å². The fourth-order valence-corrected chi connectivity index (χ4v) is 5.69. The molecule has 4 atom stereocenters. The minimum atomic E-state index is -0.790. The van der Waals surface area contributed by atoms with Crippen molar-refractivity contribution in [3.05, 3.63) is 34.9 Å². The number of aryl methyl sites for hydroxylation is 1. The molecule has 2 fully saturated rings. The van der Waals surface area contributed by atoms with Crippen LogP contribution in [0.3, 0.4) is 0 Å². The highest BCUT2D eigenvalue weighted by atomic mass is 16.4. The summed E-state index contributed by atoms with van der Waals surface area (Å²) in [7, 11) is 0. The summed E-state index contributed by atoms with van der Waals surface area (Å²) in [4.78, 5) is 11.3. The largest absolute Gasteiger partial charge is 0.478 e. The Labute approximate surface area is 126 Å². The quantitative estimate of drug-likeness (QED) is 0.816. The van der Waals surface area contributed by atoms with Crippen LogP contribution in [0.1, 0.15) is 72.9 Å². The Balaban J connectivity index is 1.73. The Bertz CT molecular complexity index is 591. The molecular formula is C19H24O2. The third-order valence-electron chi connectivity index (χ3n) is 6.76. The Kier molecular flexibility index (Phi) is 2.92. The van der Waals surface area contributed by atoms with Gasteiger partial charge in [-0.05, 0) is 85.0 Å². The summed E-state index contributed by atoms with van der Waals surface area (Å²) < 4.78 is 0. The molecule has 2 nitrogen and oxygen atoms in total. The third-order valence-corrected chi connectivity index (χ3v) is 6.76. The minimum absolute atomic E-state index is 0.467. The molecule has 0 radical (unpaired) electrons. The Morgan fingerprint density at radius 3 is 2.90 bits per heavy atom. The van der Waals surface area contributed by atoms with Crippen LogP contribution >= 0.6 is 0 Å². The van der Waals surface area contributed by atoms with Gasteiger partial charge < -0.3 is 5.11 Å². The molecule has 2 saturated carbocycles. The van der Waals surface area contributed by atoms with E-state index in [1.54, 1.807) is 6.07 Å². The number of carbonyl (C=O) groups is 1. The van der Waals surface area contributed by atoms with Crippen LogP contribution in [0.2, 0.25) is 0 Å². The summed E-state index contributed by atoms with van der Waals surface area (Å²) in [5, 5.41) is 9.27. The maximum absolute atomic E-state index is 11.3. The fraction of sp³-hybridized carbons (Fsp3) is 0.632. The van der Waals surface area contributed by atoms with Gasteiger partial charge in [0.25, 0.3) is 0 Å². The van der Waals surface area contributed by atoms with Gasteiger partial charge in [0.1, 0.15) is 0 Å². The maximum atomic E-state index is 11.3. The number of hydrogen-bond acceptors (Lipinski definition) is 1. The molecule has 1 aromatic rings. The van der Waals surface area contributed by atoms with Gasteiger partial charge in [0.2, 0.25) is 0 Å². The highest BCUT2D eigenvalue weighted by molar-refractivity contribution is 5.88. The van der Waals surface area contributed by atoms with Crippen LogP contribution in [0, 0.1) is 17.3 Å². The summed E-state index contributed by atoms with van der Waals surface area (Å²) in [5.74, 6) is 1.49. The van der Waals surface area contributed by atoms with E-state index in [1.165, 1.54) is 49.7 Å². The Hall–Kier alpha value is -1.31. The van der Waals surface area contributed by atoms with E-state index in [1.807, 2.05) is 6.07 Å². The van der Waals surface area contributed by atoms with Crippen molar-refractivity contribution in [3.8, 4) is 0 Å². The number of aromatic carboxylic acids is 1. The molecule has 1 aromatic carbocycles. The van der Waals surface area contributed by atoms with Crippen LogP contribution in [-0.2, 0) is 6.42 Å². The van der Waals surface area contributed by atoms with Crippen LogP contribution < -0.4 is 0 Å². The average Bonchev–Trinajstić information content (AvgIpc) is 2.88. The standard InChI is InChI=1S/C19H24O2/c1-19-9-2-3-17(19)15-7-6-12-4-5-13(18(20)21)11-16(12)14(15)8-10-19/h4-5,11,14-15,17H,2-3,6-10H2,1H3,(H,20,21)/t14-,15+,17-,19-/m0/s1. The summed E-state index contributed by atoms with van der Waals surface area (Å²) >= 11 is 0. The molecule has 0 amide bonds. The topological polar surface area (TPSA) is 37.3 Å². The maximum Gasteiger partial charge on any atom is 0.335 e. The van der Waals surface area contributed by atoms with Crippen molar-refractivity contribution >= 4 is 5.97 Å². The summed E-state index contributed by atoms with van der Waals surface area (Å²) in [6.07, 6.45) is 9.23. The van der Waals surface area contributed by atoms with E-state index in [4.69, 9.17) is 0 Å². The van der Waals surface area contributed by atoms with Gasteiger partial charge in [0.15, 0.2) is 0 Å². The molecule has 112 valence electrons. The van der Waals surface area contributed by atoms with E-state index in [0.29, 0.717) is 16.9 Å². The van der Waals surface area contributed by atoms with Gasteiger partial charge in [0, 0.05) is 0 Å².